The highest BCUT2D eigenvalue weighted by atomic mass is 32.2. The highest BCUT2D eigenvalue weighted by Crippen LogP contribution is 2.43. The van der Waals surface area contributed by atoms with Crippen molar-refractivity contribution in [3.8, 4) is 23.0 Å². The molecule has 4 aromatic carbocycles. The van der Waals surface area contributed by atoms with E-state index in [1.54, 1.807) is 66.7 Å². The molecule has 0 aliphatic carbocycles. The molecule has 1 N–H and O–H groups in total. The molecule has 0 fully saturated rings. The molecule has 4 aromatic rings. The van der Waals surface area contributed by atoms with E-state index in [1.807, 2.05) is 13.8 Å². The van der Waals surface area contributed by atoms with Crippen molar-refractivity contribution in [2.75, 3.05) is 56.3 Å². The van der Waals surface area contributed by atoms with E-state index >= 15 is 0 Å². The minimum absolute atomic E-state index is 0.0571. The maximum absolute atomic E-state index is 14.1. The van der Waals surface area contributed by atoms with Gasteiger partial charge in [-0.3, -0.25) is 0 Å². The van der Waals surface area contributed by atoms with Gasteiger partial charge in [-0.05, 0) is 55.8 Å². The average molecular weight is 803 g/mol. The average Bonchev–Trinajstić information content (AvgIpc) is 3.18. The maximum Gasteiger partial charge on any atom is 0.245 e. The van der Waals surface area contributed by atoms with Gasteiger partial charge in [0.1, 0.15) is 12.0 Å². The Balaban J connectivity index is 1.73. The number of nitrogens with zero attached hydrogens (tertiary/aromatic N) is 1. The van der Waals surface area contributed by atoms with Gasteiger partial charge < -0.3 is 37.9 Å². The summed E-state index contributed by atoms with van der Waals surface area (Å²) in [5, 5.41) is 0. The Morgan fingerprint density at radius 3 is 1.91 bits per heavy atom. The SMILES string of the molecule is COc1ccc(CNS(=O)(=O)c2ccc(C)cc2CC(OC)OC)c(Oc2cccc(C(OC)N(CC(OC)OC)S(=O)(=O)c3ccc(C)cc3)c2)c1OC. The standard InChI is InChI=1S/C39H50N2O12S2/c1-26-13-17-32(18-14-26)55(44,45)41(25-36(49-6)50-7)39(52-9)28-11-10-12-31(22-28)53-37-29(16-19-33(46-3)38(37)51-8)24-40-54(42,43)34-20-15-27(2)21-30(34)23-35(47-4)48-5/h10-22,35-36,39-40H,23-25H2,1-9H3. The zero-order valence-electron chi connectivity index (χ0n) is 32.5. The van der Waals surface area contributed by atoms with Gasteiger partial charge >= 0.3 is 0 Å². The van der Waals surface area contributed by atoms with Crippen LogP contribution in [0.4, 0.5) is 0 Å². The Hall–Kier alpha value is -4.10. The van der Waals surface area contributed by atoms with Crippen LogP contribution in [0.1, 0.15) is 34.0 Å². The second-order valence-corrected chi connectivity index (χ2v) is 16.0. The summed E-state index contributed by atoms with van der Waals surface area (Å²) in [5.41, 5.74) is 3.13. The number of aryl methyl sites for hydroxylation is 2. The third-order valence-corrected chi connectivity index (χ3v) is 12.1. The highest BCUT2D eigenvalue weighted by molar-refractivity contribution is 7.89. The quantitative estimate of drug-likeness (QED) is 0.103. The summed E-state index contributed by atoms with van der Waals surface area (Å²) in [4.78, 5) is 0.134. The number of ether oxygens (including phenoxy) is 8. The van der Waals surface area contributed by atoms with Crippen molar-refractivity contribution in [2.45, 2.75) is 55.4 Å². The van der Waals surface area contributed by atoms with E-state index in [9.17, 15) is 16.8 Å². The fourth-order valence-corrected chi connectivity index (χ4v) is 8.60. The van der Waals surface area contributed by atoms with Gasteiger partial charge in [0.25, 0.3) is 0 Å². The van der Waals surface area contributed by atoms with Crippen molar-refractivity contribution < 1.29 is 54.7 Å². The van der Waals surface area contributed by atoms with Crippen LogP contribution in [0.15, 0.2) is 88.7 Å². The Morgan fingerprint density at radius 2 is 1.31 bits per heavy atom. The van der Waals surface area contributed by atoms with Gasteiger partial charge in [0, 0.05) is 59.6 Å². The minimum atomic E-state index is -4.16. The summed E-state index contributed by atoms with van der Waals surface area (Å²) in [6.07, 6.45) is -2.51. The van der Waals surface area contributed by atoms with E-state index in [4.69, 9.17) is 37.9 Å². The molecule has 1 atom stereocenters. The van der Waals surface area contributed by atoms with Crippen molar-refractivity contribution in [1.29, 1.82) is 0 Å². The lowest BCUT2D eigenvalue weighted by Gasteiger charge is -2.32. The normalized spacial score (nSPS) is 12.7. The van der Waals surface area contributed by atoms with Gasteiger partial charge in [0.15, 0.2) is 24.1 Å². The van der Waals surface area contributed by atoms with Crippen molar-refractivity contribution in [1.82, 2.24) is 9.03 Å². The third kappa shape index (κ3) is 10.6. The monoisotopic (exact) mass is 802 g/mol. The summed E-state index contributed by atoms with van der Waals surface area (Å²) < 4.78 is 105. The Labute approximate surface area is 324 Å². The Kier molecular flexibility index (Phi) is 15.6. The first-order valence-corrected chi connectivity index (χ1v) is 20.0. The molecular weight excluding hydrogens is 753 g/mol. The number of hydrogen-bond acceptors (Lipinski definition) is 12. The fraction of sp³-hybridized carbons (Fsp3) is 0.385. The molecule has 300 valence electrons. The Morgan fingerprint density at radius 1 is 0.655 bits per heavy atom. The van der Waals surface area contributed by atoms with Crippen LogP contribution in [-0.4, -0.2) is 90.0 Å². The van der Waals surface area contributed by atoms with Crippen LogP contribution >= 0.6 is 0 Å². The van der Waals surface area contributed by atoms with Gasteiger partial charge in [-0.25, -0.2) is 21.6 Å². The molecule has 14 nitrogen and oxygen atoms in total. The van der Waals surface area contributed by atoms with Crippen LogP contribution in [0.2, 0.25) is 0 Å². The number of hydrogen-bond donors (Lipinski definition) is 1. The molecule has 16 heteroatoms. The smallest absolute Gasteiger partial charge is 0.245 e. The molecule has 55 heavy (non-hydrogen) atoms. The summed E-state index contributed by atoms with van der Waals surface area (Å²) >= 11 is 0. The number of rotatable bonds is 21. The van der Waals surface area contributed by atoms with E-state index < -0.39 is 38.9 Å². The molecular formula is C39H50N2O12S2. The molecule has 0 aromatic heterocycles. The van der Waals surface area contributed by atoms with Crippen LogP contribution in [0.25, 0.3) is 0 Å². The fourth-order valence-electron chi connectivity index (χ4n) is 5.84. The lowest BCUT2D eigenvalue weighted by atomic mass is 10.1. The predicted octanol–water partition coefficient (Wildman–Crippen LogP) is 5.71. The minimum Gasteiger partial charge on any atom is -0.493 e. The van der Waals surface area contributed by atoms with Gasteiger partial charge in [-0.15, -0.1) is 0 Å². The van der Waals surface area contributed by atoms with Crippen LogP contribution < -0.4 is 18.9 Å². The first-order valence-electron chi connectivity index (χ1n) is 17.1. The molecule has 0 amide bonds. The van der Waals surface area contributed by atoms with Crippen molar-refractivity contribution in [2.24, 2.45) is 0 Å². The van der Waals surface area contributed by atoms with E-state index in [1.165, 1.54) is 61.9 Å². The largest absolute Gasteiger partial charge is 0.493 e. The second-order valence-electron chi connectivity index (χ2n) is 12.4. The topological polar surface area (TPSA) is 157 Å². The van der Waals surface area contributed by atoms with Crippen LogP contribution in [0.5, 0.6) is 23.0 Å². The van der Waals surface area contributed by atoms with Gasteiger partial charge in [0.2, 0.25) is 25.8 Å². The van der Waals surface area contributed by atoms with Gasteiger partial charge in [-0.2, -0.15) is 4.31 Å². The summed E-state index contributed by atoms with van der Waals surface area (Å²) in [6.45, 7) is 3.33. The second kappa shape index (κ2) is 19.7. The lowest BCUT2D eigenvalue weighted by molar-refractivity contribution is -0.124. The van der Waals surface area contributed by atoms with E-state index in [0.717, 1.165) is 15.4 Å². The summed E-state index contributed by atoms with van der Waals surface area (Å²) in [7, 11) is 1.88. The molecule has 0 aliphatic heterocycles. The molecule has 4 rings (SSSR count). The van der Waals surface area contributed by atoms with Gasteiger partial charge in [0.05, 0.1) is 30.6 Å². The predicted molar refractivity (Wildman–Crippen MR) is 205 cm³/mol. The molecule has 0 aliphatic rings. The third-order valence-electron chi connectivity index (χ3n) is 8.78. The number of benzene rings is 4. The number of methoxy groups -OCH3 is 7. The summed E-state index contributed by atoms with van der Waals surface area (Å²) in [5.74, 6) is 0.977. The first-order chi connectivity index (χ1) is 26.3. The zero-order chi connectivity index (χ0) is 40.3. The molecule has 0 heterocycles. The number of nitrogens with one attached hydrogen (secondary N) is 1. The van der Waals surface area contributed by atoms with Crippen LogP contribution in [-0.2, 0) is 56.7 Å². The van der Waals surface area contributed by atoms with E-state index in [2.05, 4.69) is 4.72 Å². The first kappa shape index (κ1) is 43.6. The lowest BCUT2D eigenvalue weighted by Crippen LogP contribution is -2.42. The van der Waals surface area contributed by atoms with Crippen molar-refractivity contribution in [3.63, 3.8) is 0 Å². The molecule has 0 saturated heterocycles. The molecule has 0 saturated carbocycles. The molecule has 0 radical (unpaired) electrons. The highest BCUT2D eigenvalue weighted by Gasteiger charge is 2.35. The van der Waals surface area contributed by atoms with E-state index in [0.29, 0.717) is 22.4 Å². The maximum atomic E-state index is 14.1. The van der Waals surface area contributed by atoms with Gasteiger partial charge in [-0.1, -0.05) is 53.6 Å². The molecule has 0 bridgehead atoms. The van der Waals surface area contributed by atoms with Crippen LogP contribution in [0, 0.1) is 13.8 Å². The Bertz CT molecular complexity index is 2090. The summed E-state index contributed by atoms with van der Waals surface area (Å²) in [6, 6.07) is 21.5. The zero-order valence-corrected chi connectivity index (χ0v) is 34.2. The number of sulfonamides is 2. The van der Waals surface area contributed by atoms with E-state index in [-0.39, 0.29) is 46.5 Å². The van der Waals surface area contributed by atoms with Crippen molar-refractivity contribution >= 4 is 20.0 Å². The molecule has 1 unspecified atom stereocenters. The molecule has 0 spiro atoms. The van der Waals surface area contributed by atoms with Crippen molar-refractivity contribution in [3.05, 3.63) is 107 Å². The van der Waals surface area contributed by atoms with Crippen LogP contribution in [0.3, 0.4) is 0 Å².